The van der Waals surface area contributed by atoms with E-state index in [-0.39, 0.29) is 5.91 Å². The molecule has 2 fully saturated rings. The first kappa shape index (κ1) is 18.4. The third-order valence-corrected chi connectivity index (χ3v) is 5.46. The lowest BCUT2D eigenvalue weighted by atomic mass is 10.00. The van der Waals surface area contributed by atoms with Gasteiger partial charge in [0.25, 0.3) is 0 Å². The third-order valence-electron chi connectivity index (χ3n) is 5.46. The number of nitrogens with zero attached hydrogens (tertiary/aromatic N) is 4. The van der Waals surface area contributed by atoms with Crippen LogP contribution in [0.3, 0.4) is 0 Å². The number of aromatic nitrogens is 2. The summed E-state index contributed by atoms with van der Waals surface area (Å²) in [7, 11) is 0. The van der Waals surface area contributed by atoms with Gasteiger partial charge in [-0.05, 0) is 45.1 Å². The summed E-state index contributed by atoms with van der Waals surface area (Å²) >= 11 is 0. The molecule has 1 aromatic heterocycles. The third kappa shape index (κ3) is 5.28. The molecule has 2 saturated heterocycles. The molecule has 6 heteroatoms. The van der Waals surface area contributed by atoms with Crippen LogP contribution in [0, 0.1) is 19.8 Å². The monoisotopic (exact) mass is 348 g/mol. The minimum atomic E-state index is 0.277. The molecule has 3 rings (SSSR count). The lowest BCUT2D eigenvalue weighted by Crippen LogP contribution is -2.39. The molecular formula is C19H32N4O2. The predicted octanol–water partition coefficient (Wildman–Crippen LogP) is 1.85. The van der Waals surface area contributed by atoms with Crippen LogP contribution in [0.5, 0.6) is 0 Å². The van der Waals surface area contributed by atoms with Crippen molar-refractivity contribution in [2.75, 3.05) is 45.9 Å². The molecule has 0 radical (unpaired) electrons. The van der Waals surface area contributed by atoms with Crippen LogP contribution in [-0.4, -0.2) is 71.4 Å². The van der Waals surface area contributed by atoms with E-state index in [4.69, 9.17) is 4.74 Å². The van der Waals surface area contributed by atoms with Crippen molar-refractivity contribution in [3.05, 3.63) is 17.5 Å². The summed E-state index contributed by atoms with van der Waals surface area (Å²) in [4.78, 5) is 17.2. The van der Waals surface area contributed by atoms with E-state index in [0.717, 1.165) is 70.2 Å². The molecule has 1 unspecified atom stereocenters. The minimum absolute atomic E-state index is 0.277. The molecule has 1 aromatic rings. The summed E-state index contributed by atoms with van der Waals surface area (Å²) < 4.78 is 7.38. The summed E-state index contributed by atoms with van der Waals surface area (Å²) in [6, 6.07) is 2.06. The Morgan fingerprint density at radius 2 is 2.00 bits per heavy atom. The number of morpholine rings is 1. The molecule has 3 heterocycles. The maximum absolute atomic E-state index is 12.6. The first-order valence-electron chi connectivity index (χ1n) is 9.71. The molecule has 6 nitrogen and oxygen atoms in total. The zero-order valence-electron chi connectivity index (χ0n) is 15.7. The van der Waals surface area contributed by atoms with E-state index in [1.165, 1.54) is 6.42 Å². The molecule has 140 valence electrons. The highest BCUT2D eigenvalue weighted by Gasteiger charge is 2.23. The molecule has 2 aliphatic rings. The Morgan fingerprint density at radius 3 is 2.72 bits per heavy atom. The zero-order chi connectivity index (χ0) is 17.6. The lowest BCUT2D eigenvalue weighted by molar-refractivity contribution is -0.131. The van der Waals surface area contributed by atoms with Gasteiger partial charge in [-0.1, -0.05) is 0 Å². The van der Waals surface area contributed by atoms with Crippen molar-refractivity contribution in [3.8, 4) is 0 Å². The number of rotatable bonds is 5. The van der Waals surface area contributed by atoms with E-state index in [1.54, 1.807) is 0 Å². The molecule has 0 saturated carbocycles. The summed E-state index contributed by atoms with van der Waals surface area (Å²) in [5.74, 6) is 0.992. The highest BCUT2D eigenvalue weighted by molar-refractivity contribution is 5.76. The van der Waals surface area contributed by atoms with Crippen molar-refractivity contribution in [2.45, 2.75) is 46.1 Å². The SMILES string of the molecule is Cc1cc(C)n(CCC(=O)N2CCCC(CN3CCOCC3)CC2)n1. The van der Waals surface area contributed by atoms with E-state index in [2.05, 4.69) is 21.0 Å². The van der Waals surface area contributed by atoms with Gasteiger partial charge in [-0.15, -0.1) is 0 Å². The standard InChI is InChI=1S/C19H32N4O2/c1-16-14-17(2)23(20-16)9-6-19(24)22-7-3-4-18(5-8-22)15-21-10-12-25-13-11-21/h14,18H,3-13,15H2,1-2H3. The van der Waals surface area contributed by atoms with Gasteiger partial charge < -0.3 is 9.64 Å². The van der Waals surface area contributed by atoms with E-state index >= 15 is 0 Å². The maximum Gasteiger partial charge on any atom is 0.224 e. The van der Waals surface area contributed by atoms with E-state index in [1.807, 2.05) is 18.5 Å². The van der Waals surface area contributed by atoms with E-state index in [0.29, 0.717) is 18.9 Å². The molecule has 2 aliphatic heterocycles. The molecule has 1 amide bonds. The van der Waals surface area contributed by atoms with Crippen LogP contribution in [-0.2, 0) is 16.1 Å². The van der Waals surface area contributed by atoms with Crippen LogP contribution in [0.4, 0.5) is 0 Å². The Bertz CT molecular complexity index is 566. The molecule has 0 N–H and O–H groups in total. The van der Waals surface area contributed by atoms with Gasteiger partial charge in [-0.25, -0.2) is 0 Å². The quantitative estimate of drug-likeness (QED) is 0.815. The average molecular weight is 348 g/mol. The van der Waals surface area contributed by atoms with Gasteiger partial charge in [0.2, 0.25) is 5.91 Å². The minimum Gasteiger partial charge on any atom is -0.379 e. The Hall–Kier alpha value is -1.40. The van der Waals surface area contributed by atoms with Gasteiger partial charge in [0.05, 0.1) is 18.9 Å². The molecule has 0 spiro atoms. The first-order valence-corrected chi connectivity index (χ1v) is 9.71. The number of hydrogen-bond acceptors (Lipinski definition) is 4. The van der Waals surface area contributed by atoms with Crippen LogP contribution < -0.4 is 0 Å². The highest BCUT2D eigenvalue weighted by Crippen LogP contribution is 2.20. The van der Waals surface area contributed by atoms with Crippen molar-refractivity contribution in [1.82, 2.24) is 19.6 Å². The van der Waals surface area contributed by atoms with Crippen molar-refractivity contribution in [3.63, 3.8) is 0 Å². The van der Waals surface area contributed by atoms with Crippen LogP contribution in [0.25, 0.3) is 0 Å². The summed E-state index contributed by atoms with van der Waals surface area (Å²) in [5, 5.41) is 4.45. The second kappa shape index (κ2) is 8.81. The Labute approximate surface area is 151 Å². The zero-order valence-corrected chi connectivity index (χ0v) is 15.7. The predicted molar refractivity (Wildman–Crippen MR) is 97.5 cm³/mol. The summed E-state index contributed by atoms with van der Waals surface area (Å²) in [6.45, 7) is 11.6. The number of likely N-dealkylation sites (tertiary alicyclic amines) is 1. The molecule has 25 heavy (non-hydrogen) atoms. The van der Waals surface area contributed by atoms with Crippen molar-refractivity contribution in [2.24, 2.45) is 5.92 Å². The smallest absolute Gasteiger partial charge is 0.224 e. The second-order valence-electron chi connectivity index (χ2n) is 7.49. The topological polar surface area (TPSA) is 50.6 Å². The van der Waals surface area contributed by atoms with Gasteiger partial charge in [-0.3, -0.25) is 14.4 Å². The van der Waals surface area contributed by atoms with E-state index < -0.39 is 0 Å². The number of ether oxygens (including phenoxy) is 1. The highest BCUT2D eigenvalue weighted by atomic mass is 16.5. The molecular weight excluding hydrogens is 316 g/mol. The van der Waals surface area contributed by atoms with Gasteiger partial charge >= 0.3 is 0 Å². The van der Waals surface area contributed by atoms with Gasteiger partial charge in [-0.2, -0.15) is 5.10 Å². The first-order chi connectivity index (χ1) is 12.1. The lowest BCUT2D eigenvalue weighted by Gasteiger charge is -2.30. The molecule has 0 aromatic carbocycles. The second-order valence-corrected chi connectivity index (χ2v) is 7.49. The normalized spacial score (nSPS) is 22.8. The molecule has 0 aliphatic carbocycles. The Kier molecular flexibility index (Phi) is 6.48. The maximum atomic E-state index is 12.6. The number of carbonyl (C=O) groups excluding carboxylic acids is 1. The fourth-order valence-corrected chi connectivity index (χ4v) is 4.01. The van der Waals surface area contributed by atoms with E-state index in [9.17, 15) is 4.79 Å². The average Bonchev–Trinajstić information content (AvgIpc) is 2.79. The fourth-order valence-electron chi connectivity index (χ4n) is 4.01. The summed E-state index contributed by atoms with van der Waals surface area (Å²) in [6.07, 6.45) is 4.04. The van der Waals surface area contributed by atoms with Crippen molar-refractivity contribution in [1.29, 1.82) is 0 Å². The number of hydrogen-bond donors (Lipinski definition) is 0. The van der Waals surface area contributed by atoms with Crippen LogP contribution >= 0.6 is 0 Å². The van der Waals surface area contributed by atoms with Crippen LogP contribution in [0.2, 0.25) is 0 Å². The van der Waals surface area contributed by atoms with Crippen molar-refractivity contribution < 1.29 is 9.53 Å². The largest absolute Gasteiger partial charge is 0.379 e. The van der Waals surface area contributed by atoms with Crippen LogP contribution in [0.15, 0.2) is 6.07 Å². The van der Waals surface area contributed by atoms with Gasteiger partial charge in [0.1, 0.15) is 0 Å². The Balaban J connectivity index is 1.43. The van der Waals surface area contributed by atoms with Gasteiger partial charge in [0.15, 0.2) is 0 Å². The number of aryl methyl sites for hydroxylation is 3. The number of carbonyl (C=O) groups is 1. The van der Waals surface area contributed by atoms with Crippen molar-refractivity contribution >= 4 is 5.91 Å². The molecule has 1 atom stereocenters. The number of amides is 1. The fraction of sp³-hybridized carbons (Fsp3) is 0.789. The molecule has 0 bridgehead atoms. The van der Waals surface area contributed by atoms with Crippen LogP contribution in [0.1, 0.15) is 37.1 Å². The Morgan fingerprint density at radius 1 is 1.20 bits per heavy atom. The van der Waals surface area contributed by atoms with Gasteiger partial charge in [0, 0.05) is 51.4 Å². The summed E-state index contributed by atoms with van der Waals surface area (Å²) in [5.41, 5.74) is 2.15.